The summed E-state index contributed by atoms with van der Waals surface area (Å²) in [4.78, 5) is 25.3. The van der Waals surface area contributed by atoms with Crippen molar-refractivity contribution in [3.05, 3.63) is 88.8 Å². The second-order valence-corrected chi connectivity index (χ2v) is 7.94. The summed E-state index contributed by atoms with van der Waals surface area (Å²) in [6, 6.07) is 16.5. The smallest absolute Gasteiger partial charge is 0.258 e. The van der Waals surface area contributed by atoms with Crippen molar-refractivity contribution in [3.63, 3.8) is 0 Å². The number of nitrogens with zero attached hydrogens (tertiary/aromatic N) is 1. The maximum atomic E-state index is 14.1. The van der Waals surface area contributed by atoms with E-state index in [1.165, 1.54) is 19.2 Å². The number of carbonyl (C=O) groups excluding carboxylic acids is 2. The summed E-state index contributed by atoms with van der Waals surface area (Å²) in [6.45, 7) is 0. The summed E-state index contributed by atoms with van der Waals surface area (Å²) in [5, 5.41) is 6.68. The molecule has 4 rings (SSSR count). The zero-order chi connectivity index (χ0) is 23.5. The number of benzene rings is 3. The summed E-state index contributed by atoms with van der Waals surface area (Å²) in [6.07, 6.45) is 2.12. The number of hydrogen-bond acceptors (Lipinski definition) is 3. The highest BCUT2D eigenvalue weighted by Gasteiger charge is 2.16. The zero-order valence-electron chi connectivity index (χ0n) is 18.0. The molecule has 4 aromatic rings. The predicted octanol–water partition coefficient (Wildman–Crippen LogP) is 5.41. The Balaban J connectivity index is 1.52. The van der Waals surface area contributed by atoms with E-state index < -0.39 is 11.7 Å². The lowest BCUT2D eigenvalue weighted by molar-refractivity contribution is -0.115. The SMILES string of the molecule is COc1ccc(NC(=O)Cc2cn(C)c3ccccc23)cc1NC(=O)c1ccc(Cl)cc1F. The average Bonchev–Trinajstić information content (AvgIpc) is 3.09. The van der Waals surface area contributed by atoms with Crippen LogP contribution in [-0.4, -0.2) is 23.5 Å². The first-order valence-corrected chi connectivity index (χ1v) is 10.5. The van der Waals surface area contributed by atoms with E-state index in [1.807, 2.05) is 42.1 Å². The van der Waals surface area contributed by atoms with E-state index in [9.17, 15) is 14.0 Å². The summed E-state index contributed by atoms with van der Waals surface area (Å²) >= 11 is 5.76. The minimum atomic E-state index is -0.737. The normalized spacial score (nSPS) is 10.8. The fourth-order valence-electron chi connectivity index (χ4n) is 3.69. The Hall–Kier alpha value is -3.84. The quantitative estimate of drug-likeness (QED) is 0.399. The van der Waals surface area contributed by atoms with Gasteiger partial charge in [-0.25, -0.2) is 4.39 Å². The third kappa shape index (κ3) is 4.83. The van der Waals surface area contributed by atoms with Gasteiger partial charge in [-0.2, -0.15) is 0 Å². The van der Waals surface area contributed by atoms with Crippen LogP contribution in [0, 0.1) is 5.82 Å². The maximum Gasteiger partial charge on any atom is 0.258 e. The number of carbonyl (C=O) groups is 2. The molecule has 2 amide bonds. The van der Waals surface area contributed by atoms with Crippen LogP contribution >= 0.6 is 11.6 Å². The van der Waals surface area contributed by atoms with Gasteiger partial charge in [-0.3, -0.25) is 9.59 Å². The zero-order valence-corrected chi connectivity index (χ0v) is 18.7. The second kappa shape index (κ2) is 9.34. The van der Waals surface area contributed by atoms with Crippen LogP contribution in [0.1, 0.15) is 15.9 Å². The summed E-state index contributed by atoms with van der Waals surface area (Å²) < 4.78 is 21.4. The molecule has 0 bridgehead atoms. The molecule has 168 valence electrons. The maximum absolute atomic E-state index is 14.1. The minimum absolute atomic E-state index is 0.160. The molecule has 0 radical (unpaired) electrons. The summed E-state index contributed by atoms with van der Waals surface area (Å²) in [7, 11) is 3.39. The molecule has 2 N–H and O–H groups in total. The number of rotatable bonds is 6. The first-order valence-electron chi connectivity index (χ1n) is 10.1. The lowest BCUT2D eigenvalue weighted by atomic mass is 10.1. The summed E-state index contributed by atoms with van der Waals surface area (Å²) in [5.74, 6) is -1.25. The van der Waals surface area contributed by atoms with Crippen LogP contribution in [0.2, 0.25) is 5.02 Å². The van der Waals surface area contributed by atoms with Gasteiger partial charge < -0.3 is 19.9 Å². The Bertz CT molecular complexity index is 1370. The van der Waals surface area contributed by atoms with Crippen molar-refractivity contribution in [2.45, 2.75) is 6.42 Å². The molecule has 0 aliphatic heterocycles. The molecule has 3 aromatic carbocycles. The minimum Gasteiger partial charge on any atom is -0.495 e. The van der Waals surface area contributed by atoms with Crippen LogP contribution < -0.4 is 15.4 Å². The topological polar surface area (TPSA) is 72.4 Å². The van der Waals surface area contributed by atoms with Crippen LogP contribution in [0.4, 0.5) is 15.8 Å². The number of halogens is 2. The van der Waals surface area contributed by atoms with E-state index >= 15 is 0 Å². The van der Waals surface area contributed by atoms with Gasteiger partial charge in [0.15, 0.2) is 0 Å². The van der Waals surface area contributed by atoms with E-state index in [-0.39, 0.29) is 22.9 Å². The van der Waals surface area contributed by atoms with Gasteiger partial charge in [0, 0.05) is 34.9 Å². The predicted molar refractivity (Wildman–Crippen MR) is 128 cm³/mol. The third-order valence-electron chi connectivity index (χ3n) is 5.24. The van der Waals surface area contributed by atoms with Crippen LogP contribution in [0.3, 0.4) is 0 Å². The van der Waals surface area contributed by atoms with E-state index in [0.29, 0.717) is 17.1 Å². The van der Waals surface area contributed by atoms with Gasteiger partial charge >= 0.3 is 0 Å². The Morgan fingerprint density at radius 3 is 2.61 bits per heavy atom. The molecule has 1 heterocycles. The van der Waals surface area contributed by atoms with E-state index in [0.717, 1.165) is 22.5 Å². The van der Waals surface area contributed by atoms with E-state index in [4.69, 9.17) is 16.3 Å². The monoisotopic (exact) mass is 465 g/mol. The van der Waals surface area contributed by atoms with Crippen LogP contribution in [0.15, 0.2) is 66.9 Å². The van der Waals surface area contributed by atoms with Crippen molar-refractivity contribution in [2.75, 3.05) is 17.7 Å². The van der Waals surface area contributed by atoms with Gasteiger partial charge in [-0.15, -0.1) is 0 Å². The average molecular weight is 466 g/mol. The number of fused-ring (bicyclic) bond motifs is 1. The molecule has 0 unspecified atom stereocenters. The molecule has 0 spiro atoms. The van der Waals surface area contributed by atoms with Crippen molar-refractivity contribution in [1.82, 2.24) is 4.57 Å². The van der Waals surface area contributed by atoms with Crippen LogP contribution in [0.25, 0.3) is 10.9 Å². The Morgan fingerprint density at radius 1 is 1.06 bits per heavy atom. The van der Waals surface area contributed by atoms with Crippen molar-refractivity contribution < 1.29 is 18.7 Å². The Kier molecular flexibility index (Phi) is 6.33. The number of aryl methyl sites for hydroxylation is 1. The number of methoxy groups -OCH3 is 1. The van der Waals surface area contributed by atoms with E-state index in [2.05, 4.69) is 10.6 Å². The van der Waals surface area contributed by atoms with Gasteiger partial charge in [0.25, 0.3) is 5.91 Å². The highest BCUT2D eigenvalue weighted by atomic mass is 35.5. The lowest BCUT2D eigenvalue weighted by Crippen LogP contribution is -2.16. The first-order chi connectivity index (χ1) is 15.9. The molecule has 0 fully saturated rings. The van der Waals surface area contributed by atoms with Crippen LogP contribution in [-0.2, 0) is 18.3 Å². The third-order valence-corrected chi connectivity index (χ3v) is 5.47. The van der Waals surface area contributed by atoms with Gasteiger partial charge in [-0.05, 0) is 48.0 Å². The fourth-order valence-corrected chi connectivity index (χ4v) is 3.85. The number of anilines is 2. The molecule has 33 heavy (non-hydrogen) atoms. The van der Waals surface area contributed by atoms with Gasteiger partial charge in [0.1, 0.15) is 11.6 Å². The molecule has 0 atom stereocenters. The van der Waals surface area contributed by atoms with Crippen molar-refractivity contribution in [3.8, 4) is 5.75 Å². The molecule has 0 saturated heterocycles. The molecule has 0 aliphatic rings. The second-order valence-electron chi connectivity index (χ2n) is 7.50. The van der Waals surface area contributed by atoms with Crippen LogP contribution in [0.5, 0.6) is 5.75 Å². The highest BCUT2D eigenvalue weighted by molar-refractivity contribution is 6.30. The Morgan fingerprint density at radius 2 is 1.85 bits per heavy atom. The molecular formula is C25H21ClFN3O3. The lowest BCUT2D eigenvalue weighted by Gasteiger charge is -2.13. The van der Waals surface area contributed by atoms with Gasteiger partial charge in [-0.1, -0.05) is 29.8 Å². The molecule has 1 aromatic heterocycles. The molecular weight excluding hydrogens is 445 g/mol. The molecule has 0 aliphatic carbocycles. The van der Waals surface area contributed by atoms with Crippen molar-refractivity contribution in [2.24, 2.45) is 7.05 Å². The van der Waals surface area contributed by atoms with Gasteiger partial charge in [0.05, 0.1) is 24.8 Å². The van der Waals surface area contributed by atoms with E-state index in [1.54, 1.807) is 18.2 Å². The van der Waals surface area contributed by atoms with Gasteiger partial charge in [0.2, 0.25) is 5.91 Å². The fraction of sp³-hybridized carbons (Fsp3) is 0.120. The highest BCUT2D eigenvalue weighted by Crippen LogP contribution is 2.29. The molecule has 0 saturated carbocycles. The standard InChI is InChI=1S/C25H21ClFN3O3/c1-30-14-15(18-5-3-4-6-22(18)30)11-24(31)28-17-8-10-23(33-2)21(13-17)29-25(32)19-9-7-16(26)12-20(19)27/h3-10,12-14H,11H2,1-2H3,(H,28,31)(H,29,32). The number of amides is 2. The first kappa shape index (κ1) is 22.4. The number of nitrogens with one attached hydrogen (secondary N) is 2. The number of aromatic nitrogens is 1. The number of hydrogen-bond donors (Lipinski definition) is 2. The number of para-hydroxylation sites is 1. The summed E-state index contributed by atoms with van der Waals surface area (Å²) in [5.41, 5.74) is 2.55. The van der Waals surface area contributed by atoms with Crippen molar-refractivity contribution in [1.29, 1.82) is 0 Å². The largest absolute Gasteiger partial charge is 0.495 e. The molecule has 6 nitrogen and oxygen atoms in total. The Labute approximate surface area is 194 Å². The number of ether oxygens (including phenoxy) is 1. The van der Waals surface area contributed by atoms with Crippen molar-refractivity contribution >= 4 is 45.7 Å². The molecule has 8 heteroatoms.